The number of hydrogen-bond acceptors (Lipinski definition) is 3. The van der Waals surface area contributed by atoms with E-state index in [9.17, 15) is 14.9 Å². The fourth-order valence-electron chi connectivity index (χ4n) is 2.63. The summed E-state index contributed by atoms with van der Waals surface area (Å²) in [5.74, 6) is 0.452. The van der Waals surface area contributed by atoms with Crippen LogP contribution in [0.3, 0.4) is 0 Å². The standard InChI is InChI=1S/C14H17BrN2O3/c1-2-3-10-6-7-16(9-10)14(18)11-4-5-12(15)13(8-11)17(19)20/h4-5,8,10H,2-3,6-7,9H2,1H3. The van der Waals surface area contributed by atoms with Gasteiger partial charge in [-0.25, -0.2) is 0 Å². The highest BCUT2D eigenvalue weighted by molar-refractivity contribution is 9.10. The number of nitro benzene ring substituents is 1. The third-order valence-corrected chi connectivity index (χ3v) is 4.33. The van der Waals surface area contributed by atoms with Gasteiger partial charge >= 0.3 is 0 Å². The van der Waals surface area contributed by atoms with Gasteiger partial charge in [0.1, 0.15) is 0 Å². The maximum atomic E-state index is 12.4. The first-order chi connectivity index (χ1) is 9.52. The van der Waals surface area contributed by atoms with Crippen LogP contribution in [0.25, 0.3) is 0 Å². The maximum absolute atomic E-state index is 12.4. The molecule has 1 atom stereocenters. The second-order valence-corrected chi connectivity index (χ2v) is 5.97. The van der Waals surface area contributed by atoms with Gasteiger partial charge in [-0.2, -0.15) is 0 Å². The van der Waals surface area contributed by atoms with Gasteiger partial charge in [-0.3, -0.25) is 14.9 Å². The lowest BCUT2D eigenvalue weighted by atomic mass is 10.0. The first kappa shape index (κ1) is 15.0. The van der Waals surface area contributed by atoms with Crippen LogP contribution in [0, 0.1) is 16.0 Å². The molecule has 0 spiro atoms. The number of hydrogen-bond donors (Lipinski definition) is 0. The summed E-state index contributed by atoms with van der Waals surface area (Å²) < 4.78 is 0.393. The molecule has 1 fully saturated rings. The largest absolute Gasteiger partial charge is 0.338 e. The molecule has 0 aromatic heterocycles. The Bertz CT molecular complexity index is 533. The van der Waals surface area contributed by atoms with Gasteiger partial charge in [0.05, 0.1) is 9.40 Å². The molecule has 0 saturated carbocycles. The zero-order valence-electron chi connectivity index (χ0n) is 11.3. The van der Waals surface area contributed by atoms with Crippen molar-refractivity contribution in [3.63, 3.8) is 0 Å². The quantitative estimate of drug-likeness (QED) is 0.621. The van der Waals surface area contributed by atoms with Crippen LogP contribution < -0.4 is 0 Å². The van der Waals surface area contributed by atoms with Crippen LogP contribution in [0.15, 0.2) is 22.7 Å². The third-order valence-electron chi connectivity index (χ3n) is 3.66. The monoisotopic (exact) mass is 340 g/mol. The molecule has 0 aliphatic carbocycles. The molecular weight excluding hydrogens is 324 g/mol. The van der Waals surface area contributed by atoms with Crippen molar-refractivity contribution in [2.75, 3.05) is 13.1 Å². The molecule has 0 bridgehead atoms. The molecule has 1 heterocycles. The SMILES string of the molecule is CCCC1CCN(C(=O)c2ccc(Br)c([N+](=O)[O-])c2)C1. The van der Waals surface area contributed by atoms with E-state index in [4.69, 9.17) is 0 Å². The van der Waals surface area contributed by atoms with Crippen LogP contribution >= 0.6 is 15.9 Å². The Morgan fingerprint density at radius 1 is 1.55 bits per heavy atom. The molecule has 1 saturated heterocycles. The first-order valence-corrected chi connectivity index (χ1v) is 7.55. The molecule has 1 aliphatic heterocycles. The van der Waals surface area contributed by atoms with Crippen molar-refractivity contribution in [3.05, 3.63) is 38.3 Å². The number of amides is 1. The summed E-state index contributed by atoms with van der Waals surface area (Å²) in [5.41, 5.74) is 0.317. The highest BCUT2D eigenvalue weighted by atomic mass is 79.9. The van der Waals surface area contributed by atoms with Crippen molar-refractivity contribution in [2.24, 2.45) is 5.92 Å². The molecule has 6 heteroatoms. The van der Waals surface area contributed by atoms with Gasteiger partial charge in [-0.05, 0) is 46.8 Å². The topological polar surface area (TPSA) is 63.5 Å². The molecule has 1 aromatic carbocycles. The van der Waals surface area contributed by atoms with Crippen LogP contribution in [-0.4, -0.2) is 28.8 Å². The average molecular weight is 341 g/mol. The zero-order valence-corrected chi connectivity index (χ0v) is 12.9. The summed E-state index contributed by atoms with van der Waals surface area (Å²) in [6.07, 6.45) is 3.28. The van der Waals surface area contributed by atoms with E-state index in [0.29, 0.717) is 16.0 Å². The smallest absolute Gasteiger partial charge is 0.284 e. The molecule has 1 amide bonds. The van der Waals surface area contributed by atoms with Gasteiger partial charge in [0.2, 0.25) is 0 Å². The molecule has 0 radical (unpaired) electrons. The summed E-state index contributed by atoms with van der Waals surface area (Å²) in [6.45, 7) is 3.65. The lowest BCUT2D eigenvalue weighted by Crippen LogP contribution is -2.28. The van der Waals surface area contributed by atoms with Gasteiger partial charge in [0.25, 0.3) is 11.6 Å². The maximum Gasteiger partial charge on any atom is 0.284 e. The number of rotatable bonds is 4. The molecule has 0 N–H and O–H groups in total. The molecule has 20 heavy (non-hydrogen) atoms. The highest BCUT2D eigenvalue weighted by Crippen LogP contribution is 2.28. The van der Waals surface area contributed by atoms with Crippen LogP contribution in [0.5, 0.6) is 0 Å². The van der Waals surface area contributed by atoms with E-state index in [-0.39, 0.29) is 11.6 Å². The average Bonchev–Trinajstić information content (AvgIpc) is 2.87. The summed E-state index contributed by atoms with van der Waals surface area (Å²) >= 11 is 3.13. The Morgan fingerprint density at radius 2 is 2.30 bits per heavy atom. The fourth-order valence-corrected chi connectivity index (χ4v) is 3.02. The Labute approximate surface area is 126 Å². The molecular formula is C14H17BrN2O3. The first-order valence-electron chi connectivity index (χ1n) is 6.76. The lowest BCUT2D eigenvalue weighted by molar-refractivity contribution is -0.385. The summed E-state index contributed by atoms with van der Waals surface area (Å²) in [5, 5.41) is 10.9. The molecule has 5 nitrogen and oxygen atoms in total. The van der Waals surface area contributed by atoms with Crippen molar-refractivity contribution in [3.8, 4) is 0 Å². The van der Waals surface area contributed by atoms with E-state index < -0.39 is 4.92 Å². The van der Waals surface area contributed by atoms with Crippen molar-refractivity contribution < 1.29 is 9.72 Å². The Kier molecular flexibility index (Phi) is 4.75. The van der Waals surface area contributed by atoms with Crippen molar-refractivity contribution >= 4 is 27.5 Å². The van der Waals surface area contributed by atoms with E-state index in [2.05, 4.69) is 22.9 Å². The summed E-state index contributed by atoms with van der Waals surface area (Å²) in [7, 11) is 0. The van der Waals surface area contributed by atoms with E-state index in [1.54, 1.807) is 17.0 Å². The minimum Gasteiger partial charge on any atom is -0.338 e. The fraction of sp³-hybridized carbons (Fsp3) is 0.500. The Balaban J connectivity index is 2.14. The van der Waals surface area contributed by atoms with Crippen molar-refractivity contribution in [2.45, 2.75) is 26.2 Å². The third kappa shape index (κ3) is 3.17. The highest BCUT2D eigenvalue weighted by Gasteiger charge is 2.27. The van der Waals surface area contributed by atoms with Gasteiger partial charge < -0.3 is 4.90 Å². The van der Waals surface area contributed by atoms with Crippen molar-refractivity contribution in [1.29, 1.82) is 0 Å². The van der Waals surface area contributed by atoms with Gasteiger partial charge in [0.15, 0.2) is 0 Å². The number of carbonyl (C=O) groups excluding carboxylic acids is 1. The summed E-state index contributed by atoms with van der Waals surface area (Å²) in [6, 6.07) is 4.54. The number of likely N-dealkylation sites (tertiary alicyclic amines) is 1. The molecule has 1 aliphatic rings. The van der Waals surface area contributed by atoms with Crippen molar-refractivity contribution in [1.82, 2.24) is 4.90 Å². The van der Waals surface area contributed by atoms with Gasteiger partial charge in [-0.1, -0.05) is 13.3 Å². The van der Waals surface area contributed by atoms with Crippen LogP contribution in [-0.2, 0) is 0 Å². The lowest BCUT2D eigenvalue weighted by Gasteiger charge is -2.16. The molecule has 108 valence electrons. The van der Waals surface area contributed by atoms with E-state index >= 15 is 0 Å². The number of benzene rings is 1. The molecule has 1 aromatic rings. The van der Waals surface area contributed by atoms with E-state index in [1.165, 1.54) is 6.07 Å². The van der Waals surface area contributed by atoms with Crippen LogP contribution in [0.2, 0.25) is 0 Å². The number of nitro groups is 1. The Hall–Kier alpha value is -1.43. The minimum atomic E-state index is -0.481. The minimum absolute atomic E-state index is 0.0693. The summed E-state index contributed by atoms with van der Waals surface area (Å²) in [4.78, 5) is 24.6. The van der Waals surface area contributed by atoms with E-state index in [1.807, 2.05) is 0 Å². The Morgan fingerprint density at radius 3 is 2.95 bits per heavy atom. The number of carbonyl (C=O) groups is 1. The van der Waals surface area contributed by atoms with Gasteiger partial charge in [0, 0.05) is 24.7 Å². The second-order valence-electron chi connectivity index (χ2n) is 5.12. The zero-order chi connectivity index (χ0) is 14.7. The van der Waals surface area contributed by atoms with E-state index in [0.717, 1.165) is 32.4 Å². The number of halogens is 1. The molecule has 2 rings (SSSR count). The predicted octanol–water partition coefficient (Wildman–Crippen LogP) is 3.62. The van der Waals surface area contributed by atoms with Crippen LogP contribution in [0.1, 0.15) is 36.5 Å². The number of nitrogens with zero attached hydrogens (tertiary/aromatic N) is 2. The van der Waals surface area contributed by atoms with Crippen LogP contribution in [0.4, 0.5) is 5.69 Å². The van der Waals surface area contributed by atoms with Gasteiger partial charge in [-0.15, -0.1) is 0 Å². The predicted molar refractivity (Wildman–Crippen MR) is 79.7 cm³/mol. The second kappa shape index (κ2) is 6.35. The normalized spacial score (nSPS) is 18.3. The molecule has 1 unspecified atom stereocenters.